The van der Waals surface area contributed by atoms with Gasteiger partial charge in [0.25, 0.3) is 0 Å². The minimum Gasteiger partial charge on any atom is -0.634 e. The highest BCUT2D eigenvalue weighted by atomic mass is 16.5. The summed E-state index contributed by atoms with van der Waals surface area (Å²) in [6.07, 6.45) is 5.00. The van der Waals surface area contributed by atoms with E-state index in [9.17, 15) is 5.21 Å². The average Bonchev–Trinajstić information content (AvgIpc) is 2.05. The lowest BCUT2D eigenvalue weighted by Crippen LogP contribution is -3.10. The number of rotatable bonds is 4. The van der Waals surface area contributed by atoms with Gasteiger partial charge in [-0.1, -0.05) is 26.2 Å². The maximum absolute atomic E-state index is 11.0. The SMILES string of the molecule is CCCCCC1C[NH+]([O-])CCO1. The Hall–Kier alpha value is -0.120. The molecule has 2 unspecified atom stereocenters. The molecule has 1 rings (SSSR count). The first kappa shape index (κ1) is 9.96. The summed E-state index contributed by atoms with van der Waals surface area (Å²) in [5.41, 5.74) is 0. The number of nitrogens with one attached hydrogen (secondary N) is 1. The largest absolute Gasteiger partial charge is 0.634 e. The van der Waals surface area contributed by atoms with Gasteiger partial charge < -0.3 is 15.0 Å². The van der Waals surface area contributed by atoms with Gasteiger partial charge in [0.2, 0.25) is 0 Å². The van der Waals surface area contributed by atoms with Gasteiger partial charge in [-0.05, 0) is 6.42 Å². The van der Waals surface area contributed by atoms with Crippen LogP contribution < -0.4 is 5.06 Å². The second-order valence-electron chi connectivity index (χ2n) is 3.48. The molecule has 1 N–H and O–H groups in total. The summed E-state index contributed by atoms with van der Waals surface area (Å²) >= 11 is 0. The second-order valence-corrected chi connectivity index (χ2v) is 3.48. The molecule has 0 aromatic heterocycles. The molecule has 3 heteroatoms. The predicted octanol–water partition coefficient (Wildman–Crippen LogP) is 0.348. The highest BCUT2D eigenvalue weighted by Gasteiger charge is 2.17. The van der Waals surface area contributed by atoms with Gasteiger partial charge in [0.05, 0.1) is 6.61 Å². The molecule has 12 heavy (non-hydrogen) atoms. The number of morpholine rings is 1. The molecule has 0 aromatic carbocycles. The number of ether oxygens (including phenoxy) is 1. The topological polar surface area (TPSA) is 36.7 Å². The fraction of sp³-hybridized carbons (Fsp3) is 1.00. The van der Waals surface area contributed by atoms with Crippen molar-refractivity contribution < 1.29 is 9.80 Å². The van der Waals surface area contributed by atoms with E-state index < -0.39 is 0 Å². The van der Waals surface area contributed by atoms with Gasteiger partial charge in [0.1, 0.15) is 19.2 Å². The Morgan fingerprint density at radius 1 is 1.50 bits per heavy atom. The molecule has 0 amide bonds. The van der Waals surface area contributed by atoms with Crippen molar-refractivity contribution in [3.05, 3.63) is 5.21 Å². The zero-order valence-corrected chi connectivity index (χ0v) is 7.84. The third-order valence-corrected chi connectivity index (χ3v) is 2.32. The first-order valence-electron chi connectivity index (χ1n) is 4.96. The molecular formula is C9H19NO2. The van der Waals surface area contributed by atoms with Crippen molar-refractivity contribution in [3.8, 4) is 0 Å². The Morgan fingerprint density at radius 2 is 2.33 bits per heavy atom. The first-order chi connectivity index (χ1) is 5.83. The van der Waals surface area contributed by atoms with Crippen molar-refractivity contribution in [2.24, 2.45) is 0 Å². The summed E-state index contributed by atoms with van der Waals surface area (Å²) in [5.74, 6) is 0. The minimum absolute atomic E-state index is 0.234. The predicted molar refractivity (Wildman–Crippen MR) is 47.9 cm³/mol. The highest BCUT2D eigenvalue weighted by Crippen LogP contribution is 2.06. The van der Waals surface area contributed by atoms with Gasteiger partial charge in [0.15, 0.2) is 0 Å². The summed E-state index contributed by atoms with van der Waals surface area (Å²) in [6, 6.07) is 0. The number of hydrogen-bond donors (Lipinski definition) is 1. The van der Waals surface area contributed by atoms with E-state index in [1.54, 1.807) is 0 Å². The third-order valence-electron chi connectivity index (χ3n) is 2.32. The standard InChI is InChI=1S/C9H19NO2/c1-2-3-4-5-9-8-10(11)6-7-12-9/h9-10H,2-8H2,1H3. The number of unbranched alkanes of at least 4 members (excludes halogenated alkanes) is 2. The van der Waals surface area contributed by atoms with Crippen LogP contribution in [0.2, 0.25) is 0 Å². The first-order valence-corrected chi connectivity index (χ1v) is 4.96. The summed E-state index contributed by atoms with van der Waals surface area (Å²) < 4.78 is 5.47. The van der Waals surface area contributed by atoms with Crippen LogP contribution in [0.4, 0.5) is 0 Å². The van der Waals surface area contributed by atoms with Gasteiger partial charge in [0, 0.05) is 0 Å². The van der Waals surface area contributed by atoms with Crippen molar-refractivity contribution in [1.82, 2.24) is 0 Å². The van der Waals surface area contributed by atoms with Crippen LogP contribution in [-0.4, -0.2) is 25.8 Å². The lowest BCUT2D eigenvalue weighted by molar-refractivity contribution is -0.861. The maximum Gasteiger partial charge on any atom is 0.107 e. The Morgan fingerprint density at radius 3 is 3.00 bits per heavy atom. The molecule has 0 aliphatic carbocycles. The van der Waals surface area contributed by atoms with Crippen LogP contribution in [0.1, 0.15) is 32.6 Å². The van der Waals surface area contributed by atoms with Crippen molar-refractivity contribution in [1.29, 1.82) is 0 Å². The summed E-state index contributed by atoms with van der Waals surface area (Å²) in [7, 11) is 0. The molecular weight excluding hydrogens is 154 g/mol. The molecule has 1 heterocycles. The van der Waals surface area contributed by atoms with E-state index in [4.69, 9.17) is 4.74 Å². The monoisotopic (exact) mass is 173 g/mol. The van der Waals surface area contributed by atoms with E-state index in [2.05, 4.69) is 6.92 Å². The molecule has 2 atom stereocenters. The van der Waals surface area contributed by atoms with Crippen LogP contribution >= 0.6 is 0 Å². The Balaban J connectivity index is 2.06. The van der Waals surface area contributed by atoms with Gasteiger partial charge in [-0.25, -0.2) is 0 Å². The van der Waals surface area contributed by atoms with Crippen molar-refractivity contribution in [2.45, 2.75) is 38.7 Å². The van der Waals surface area contributed by atoms with Crippen LogP contribution in [0.15, 0.2) is 0 Å². The van der Waals surface area contributed by atoms with Crippen LogP contribution in [0, 0.1) is 5.21 Å². The molecule has 72 valence electrons. The van der Waals surface area contributed by atoms with Gasteiger partial charge in [-0.15, -0.1) is 0 Å². The van der Waals surface area contributed by atoms with E-state index in [1.807, 2.05) is 0 Å². The summed E-state index contributed by atoms with van der Waals surface area (Å²) in [4.78, 5) is 0. The fourth-order valence-corrected chi connectivity index (χ4v) is 1.56. The number of hydrogen-bond acceptors (Lipinski definition) is 2. The fourth-order valence-electron chi connectivity index (χ4n) is 1.56. The van der Waals surface area contributed by atoms with Crippen molar-refractivity contribution in [3.63, 3.8) is 0 Å². The molecule has 0 spiro atoms. The molecule has 1 saturated heterocycles. The van der Waals surface area contributed by atoms with Crippen molar-refractivity contribution in [2.75, 3.05) is 19.7 Å². The van der Waals surface area contributed by atoms with Gasteiger partial charge in [-0.3, -0.25) is 0 Å². The van der Waals surface area contributed by atoms with E-state index in [-0.39, 0.29) is 6.10 Å². The third kappa shape index (κ3) is 3.52. The van der Waals surface area contributed by atoms with Gasteiger partial charge in [-0.2, -0.15) is 0 Å². The number of hydroxylamine groups is 2. The minimum atomic E-state index is 0.234. The van der Waals surface area contributed by atoms with Gasteiger partial charge >= 0.3 is 0 Å². The van der Waals surface area contributed by atoms with E-state index >= 15 is 0 Å². The lowest BCUT2D eigenvalue weighted by atomic mass is 10.1. The maximum atomic E-state index is 11.0. The van der Waals surface area contributed by atoms with Crippen LogP contribution in [0.5, 0.6) is 0 Å². The molecule has 0 aromatic rings. The second kappa shape index (κ2) is 5.51. The molecule has 3 nitrogen and oxygen atoms in total. The average molecular weight is 173 g/mol. The van der Waals surface area contributed by atoms with Crippen LogP contribution in [-0.2, 0) is 4.74 Å². The Kier molecular flexibility index (Phi) is 4.58. The Bertz CT molecular complexity index is 119. The summed E-state index contributed by atoms with van der Waals surface area (Å²) in [6.45, 7) is 4.12. The lowest BCUT2D eigenvalue weighted by Gasteiger charge is -2.32. The molecule has 1 aliphatic rings. The van der Waals surface area contributed by atoms with Crippen LogP contribution in [0.25, 0.3) is 0 Å². The van der Waals surface area contributed by atoms with E-state index in [1.165, 1.54) is 19.3 Å². The zero-order chi connectivity index (χ0) is 8.81. The molecule has 0 radical (unpaired) electrons. The van der Waals surface area contributed by atoms with E-state index in [0.717, 1.165) is 6.42 Å². The normalized spacial score (nSPS) is 30.5. The van der Waals surface area contributed by atoms with Crippen LogP contribution in [0.3, 0.4) is 0 Å². The Labute approximate surface area is 74.3 Å². The number of quaternary nitrogens is 1. The molecule has 0 bridgehead atoms. The molecule has 1 aliphatic heterocycles. The molecule has 0 saturated carbocycles. The van der Waals surface area contributed by atoms with E-state index in [0.29, 0.717) is 24.8 Å². The summed E-state index contributed by atoms with van der Waals surface area (Å²) in [5, 5.41) is 11.4. The highest BCUT2D eigenvalue weighted by molar-refractivity contribution is 4.59. The quantitative estimate of drug-likeness (QED) is 0.492. The zero-order valence-electron chi connectivity index (χ0n) is 7.84. The molecule has 1 fully saturated rings. The van der Waals surface area contributed by atoms with Crippen molar-refractivity contribution >= 4 is 0 Å². The smallest absolute Gasteiger partial charge is 0.107 e.